The molecule has 1 saturated carbocycles. The Labute approximate surface area is 144 Å². The molecule has 2 heterocycles. The van der Waals surface area contributed by atoms with Gasteiger partial charge in [-0.15, -0.1) is 15.0 Å². The normalized spacial score (nSPS) is 23.0. The molecule has 1 aliphatic heterocycles. The molecule has 1 atom stereocenters. The van der Waals surface area contributed by atoms with Crippen LogP contribution < -0.4 is 0 Å². The van der Waals surface area contributed by atoms with Crippen molar-refractivity contribution in [3.63, 3.8) is 0 Å². The molecule has 0 spiro atoms. The number of allylic oxidation sites excluding steroid dienone is 1. The van der Waals surface area contributed by atoms with E-state index in [9.17, 15) is 4.79 Å². The topological polar surface area (TPSA) is 63.9 Å². The fraction of sp³-hybridized carbons (Fsp3) is 0.778. The Morgan fingerprint density at radius 2 is 1.96 bits per heavy atom. The molecule has 1 aromatic heterocycles. The first kappa shape index (κ1) is 17.1. The third-order valence-corrected chi connectivity index (χ3v) is 5.23. The fourth-order valence-corrected chi connectivity index (χ4v) is 3.89. The largest absolute Gasteiger partial charge is 0.332 e. The highest BCUT2D eigenvalue weighted by Gasteiger charge is 2.32. The van der Waals surface area contributed by atoms with E-state index in [1.807, 2.05) is 17.2 Å². The first-order chi connectivity index (χ1) is 11.8. The highest BCUT2D eigenvalue weighted by Crippen LogP contribution is 2.32. The van der Waals surface area contributed by atoms with Gasteiger partial charge in [-0.2, -0.15) is 0 Å². The molecule has 0 aromatic carbocycles. The van der Waals surface area contributed by atoms with Crippen LogP contribution in [0.3, 0.4) is 0 Å². The number of nitrogens with zero attached hydrogens (tertiary/aromatic N) is 5. The monoisotopic (exact) mass is 331 g/mol. The number of rotatable bonds is 5. The van der Waals surface area contributed by atoms with E-state index in [-0.39, 0.29) is 11.9 Å². The zero-order valence-electron chi connectivity index (χ0n) is 14.7. The fourth-order valence-electron chi connectivity index (χ4n) is 3.89. The number of hydrogen-bond acceptors (Lipinski definition) is 4. The van der Waals surface area contributed by atoms with E-state index in [1.165, 1.54) is 36.9 Å². The summed E-state index contributed by atoms with van der Waals surface area (Å²) >= 11 is 0. The summed E-state index contributed by atoms with van der Waals surface area (Å²) in [4.78, 5) is 16.4. The average Bonchev–Trinajstić information content (AvgIpc) is 3.09. The lowest BCUT2D eigenvalue weighted by atomic mass is 9.86. The quantitative estimate of drug-likeness (QED) is 0.827. The van der Waals surface area contributed by atoms with E-state index in [4.69, 9.17) is 0 Å². The van der Waals surface area contributed by atoms with Crippen LogP contribution in [-0.2, 0) is 4.79 Å². The van der Waals surface area contributed by atoms with Crippen LogP contribution in [0.1, 0.15) is 83.0 Å². The van der Waals surface area contributed by atoms with E-state index < -0.39 is 0 Å². The summed E-state index contributed by atoms with van der Waals surface area (Å²) in [6, 6.07) is -0.00128. The van der Waals surface area contributed by atoms with E-state index >= 15 is 0 Å². The molecule has 0 radical (unpaired) electrons. The van der Waals surface area contributed by atoms with Gasteiger partial charge in [-0.25, -0.2) is 0 Å². The molecule has 1 unspecified atom stereocenters. The molecule has 1 amide bonds. The van der Waals surface area contributed by atoms with E-state index in [1.54, 1.807) is 0 Å². The van der Waals surface area contributed by atoms with Crippen LogP contribution in [0.2, 0.25) is 0 Å². The van der Waals surface area contributed by atoms with Crippen LogP contribution in [0, 0.1) is 5.92 Å². The van der Waals surface area contributed by atoms with Crippen LogP contribution in [0.25, 0.3) is 6.20 Å². The molecule has 6 nitrogen and oxygen atoms in total. The maximum Gasteiger partial charge on any atom is 0.223 e. The minimum Gasteiger partial charge on any atom is -0.332 e. The summed E-state index contributed by atoms with van der Waals surface area (Å²) < 4.78 is 0. The standard InChI is InChI=1S/C18H29N5O/c1-2-3-13-23-20-18(19-21-23)16-11-7-8-12-22(16)17(24)14-15-9-5-4-6-10-15/h3,13,15-16H,2,4-12,14H2,1H3/b13-3+. The summed E-state index contributed by atoms with van der Waals surface area (Å²) in [5, 5.41) is 12.8. The first-order valence-electron chi connectivity index (χ1n) is 9.53. The molecule has 0 N–H and O–H groups in total. The molecule has 132 valence electrons. The second kappa shape index (κ2) is 8.40. The zero-order valence-corrected chi connectivity index (χ0v) is 14.7. The van der Waals surface area contributed by atoms with Crippen molar-refractivity contribution in [3.8, 4) is 0 Å². The van der Waals surface area contributed by atoms with Gasteiger partial charge in [0, 0.05) is 19.2 Å². The van der Waals surface area contributed by atoms with Gasteiger partial charge in [-0.3, -0.25) is 4.79 Å². The maximum absolute atomic E-state index is 12.9. The lowest BCUT2D eigenvalue weighted by Gasteiger charge is -2.35. The highest BCUT2D eigenvalue weighted by atomic mass is 16.2. The second-order valence-electron chi connectivity index (χ2n) is 7.07. The van der Waals surface area contributed by atoms with Crippen LogP contribution >= 0.6 is 0 Å². The number of tetrazole rings is 1. The zero-order chi connectivity index (χ0) is 16.8. The Kier molecular flexibility index (Phi) is 5.99. The van der Waals surface area contributed by atoms with E-state index in [0.717, 1.165) is 32.2 Å². The molecule has 6 heteroatoms. The molecule has 24 heavy (non-hydrogen) atoms. The van der Waals surface area contributed by atoms with Crippen LogP contribution in [0.5, 0.6) is 0 Å². The Balaban J connectivity index is 1.67. The third kappa shape index (κ3) is 4.22. The van der Waals surface area contributed by atoms with Crippen molar-refractivity contribution in [3.05, 3.63) is 11.9 Å². The molecule has 1 saturated heterocycles. The van der Waals surface area contributed by atoms with Gasteiger partial charge in [-0.1, -0.05) is 32.3 Å². The number of likely N-dealkylation sites (tertiary alicyclic amines) is 1. The molecular weight excluding hydrogens is 302 g/mol. The van der Waals surface area contributed by atoms with Gasteiger partial charge in [0.2, 0.25) is 5.91 Å². The van der Waals surface area contributed by atoms with Crippen LogP contribution in [-0.4, -0.2) is 37.6 Å². The van der Waals surface area contributed by atoms with Crippen molar-refractivity contribution in [1.29, 1.82) is 0 Å². The van der Waals surface area contributed by atoms with Gasteiger partial charge < -0.3 is 4.90 Å². The van der Waals surface area contributed by atoms with Crippen LogP contribution in [0.4, 0.5) is 0 Å². The Hall–Kier alpha value is -1.72. The predicted molar refractivity (Wildman–Crippen MR) is 92.9 cm³/mol. The molecular formula is C18H29N5O. The van der Waals surface area contributed by atoms with Gasteiger partial charge in [0.05, 0.1) is 6.04 Å². The van der Waals surface area contributed by atoms with Crippen molar-refractivity contribution in [2.24, 2.45) is 5.92 Å². The number of hydrogen-bond donors (Lipinski definition) is 0. The summed E-state index contributed by atoms with van der Waals surface area (Å²) in [6.45, 7) is 2.90. The number of carbonyl (C=O) groups is 1. The number of carbonyl (C=O) groups excluding carboxylic acids is 1. The Bertz CT molecular complexity index is 562. The third-order valence-electron chi connectivity index (χ3n) is 5.23. The molecule has 0 bridgehead atoms. The summed E-state index contributed by atoms with van der Waals surface area (Å²) in [5.74, 6) is 1.55. The smallest absolute Gasteiger partial charge is 0.223 e. The lowest BCUT2D eigenvalue weighted by Crippen LogP contribution is -2.40. The van der Waals surface area contributed by atoms with Crippen molar-refractivity contribution in [2.75, 3.05) is 6.54 Å². The Morgan fingerprint density at radius 3 is 2.75 bits per heavy atom. The van der Waals surface area contributed by atoms with Gasteiger partial charge in [0.25, 0.3) is 0 Å². The maximum atomic E-state index is 12.9. The van der Waals surface area contributed by atoms with Crippen molar-refractivity contribution in [1.82, 2.24) is 25.1 Å². The minimum atomic E-state index is -0.00128. The number of aromatic nitrogens is 4. The summed E-state index contributed by atoms with van der Waals surface area (Å²) in [5.41, 5.74) is 0. The van der Waals surface area contributed by atoms with Gasteiger partial charge >= 0.3 is 0 Å². The molecule has 1 aromatic rings. The minimum absolute atomic E-state index is 0.00128. The van der Waals surface area contributed by atoms with Crippen molar-refractivity contribution in [2.45, 2.75) is 77.2 Å². The average molecular weight is 331 g/mol. The summed E-state index contributed by atoms with van der Waals surface area (Å²) in [6.07, 6.45) is 14.9. The number of piperidine rings is 1. The van der Waals surface area contributed by atoms with Crippen LogP contribution in [0.15, 0.2) is 6.08 Å². The second-order valence-corrected chi connectivity index (χ2v) is 7.07. The SMILES string of the molecule is CC/C=C/n1nnc(C2CCCCN2C(=O)CC2CCCCC2)n1. The van der Waals surface area contributed by atoms with Gasteiger partial charge in [0.15, 0.2) is 5.82 Å². The molecule has 2 fully saturated rings. The first-order valence-corrected chi connectivity index (χ1v) is 9.53. The summed E-state index contributed by atoms with van der Waals surface area (Å²) in [7, 11) is 0. The van der Waals surface area contributed by atoms with Crippen molar-refractivity contribution < 1.29 is 4.79 Å². The molecule has 2 aliphatic rings. The van der Waals surface area contributed by atoms with E-state index in [0.29, 0.717) is 18.2 Å². The molecule has 1 aliphatic carbocycles. The van der Waals surface area contributed by atoms with Crippen molar-refractivity contribution >= 4 is 12.1 Å². The van der Waals surface area contributed by atoms with Gasteiger partial charge in [-0.05, 0) is 49.7 Å². The number of amides is 1. The van der Waals surface area contributed by atoms with Gasteiger partial charge in [0.1, 0.15) is 0 Å². The highest BCUT2D eigenvalue weighted by molar-refractivity contribution is 5.77. The molecule has 3 rings (SSSR count). The van der Waals surface area contributed by atoms with E-state index in [2.05, 4.69) is 22.3 Å². The Morgan fingerprint density at radius 1 is 1.17 bits per heavy atom. The predicted octanol–water partition coefficient (Wildman–Crippen LogP) is 3.58. The lowest BCUT2D eigenvalue weighted by molar-refractivity contribution is -0.136.